The molecule has 0 aliphatic carbocycles. The zero-order valence-corrected chi connectivity index (χ0v) is 29.3. The van der Waals surface area contributed by atoms with Crippen LogP contribution in [0.15, 0.2) is 108 Å². The lowest BCUT2D eigenvalue weighted by Crippen LogP contribution is -2.56. The number of nitrogens with one attached hydrogen (secondary N) is 1. The van der Waals surface area contributed by atoms with Crippen molar-refractivity contribution < 1.29 is 18.0 Å². The largest absolute Gasteiger partial charge is 0.350 e. The maximum Gasteiger partial charge on any atom is 0.264 e. The molecule has 7 nitrogen and oxygen atoms in total. The molecule has 0 saturated carbocycles. The quantitative estimate of drug-likeness (QED) is 0.176. The molecular weight excluding hydrogens is 607 g/mol. The molecule has 2 amide bonds. The van der Waals surface area contributed by atoms with Gasteiger partial charge in [0.2, 0.25) is 11.8 Å². The van der Waals surface area contributed by atoms with E-state index < -0.39 is 34.1 Å². The number of hydrogen-bond donors (Lipinski definition) is 1. The first-order valence-electron chi connectivity index (χ1n) is 16.0. The predicted octanol–water partition coefficient (Wildman–Crippen LogP) is 7.18. The van der Waals surface area contributed by atoms with Crippen molar-refractivity contribution in [2.24, 2.45) is 0 Å². The Morgan fingerprint density at radius 2 is 1.38 bits per heavy atom. The van der Waals surface area contributed by atoms with Crippen LogP contribution >= 0.6 is 0 Å². The third-order valence-corrected chi connectivity index (χ3v) is 9.73. The Labute approximate surface area is 280 Å². The van der Waals surface area contributed by atoms with Gasteiger partial charge >= 0.3 is 0 Å². The number of sulfonamides is 1. The maximum absolute atomic E-state index is 14.7. The van der Waals surface area contributed by atoms with Gasteiger partial charge in [-0.3, -0.25) is 13.9 Å². The van der Waals surface area contributed by atoms with E-state index in [9.17, 15) is 18.0 Å². The molecular formula is C39H47N3O4S. The molecule has 0 aliphatic heterocycles. The van der Waals surface area contributed by atoms with Crippen LogP contribution in [0.3, 0.4) is 0 Å². The van der Waals surface area contributed by atoms with E-state index in [1.54, 1.807) is 36.4 Å². The molecule has 0 aromatic heterocycles. The molecule has 0 bridgehead atoms. The average Bonchev–Trinajstić information content (AvgIpc) is 3.01. The van der Waals surface area contributed by atoms with Crippen molar-refractivity contribution in [2.75, 3.05) is 10.8 Å². The van der Waals surface area contributed by atoms with E-state index in [2.05, 4.69) is 19.2 Å². The van der Waals surface area contributed by atoms with Crippen molar-refractivity contribution in [3.8, 4) is 0 Å². The van der Waals surface area contributed by atoms with Crippen LogP contribution < -0.4 is 9.62 Å². The highest BCUT2D eigenvalue weighted by Crippen LogP contribution is 2.27. The second-order valence-electron chi connectivity index (χ2n) is 13.5. The van der Waals surface area contributed by atoms with Crippen molar-refractivity contribution in [3.05, 3.63) is 131 Å². The van der Waals surface area contributed by atoms with Gasteiger partial charge in [0.1, 0.15) is 12.6 Å². The molecule has 4 aromatic carbocycles. The van der Waals surface area contributed by atoms with Gasteiger partial charge in [-0.25, -0.2) is 8.42 Å². The molecule has 0 radical (unpaired) electrons. The van der Waals surface area contributed by atoms with Crippen LogP contribution in [0.1, 0.15) is 68.4 Å². The Bertz CT molecular complexity index is 1760. The molecule has 0 heterocycles. The number of hydrogen-bond acceptors (Lipinski definition) is 4. The van der Waals surface area contributed by atoms with E-state index in [1.807, 2.05) is 101 Å². The fourth-order valence-corrected chi connectivity index (χ4v) is 6.82. The van der Waals surface area contributed by atoms with Gasteiger partial charge in [0, 0.05) is 18.5 Å². The highest BCUT2D eigenvalue weighted by Gasteiger charge is 2.35. The predicted molar refractivity (Wildman–Crippen MR) is 190 cm³/mol. The van der Waals surface area contributed by atoms with Crippen LogP contribution in [0.4, 0.5) is 5.69 Å². The van der Waals surface area contributed by atoms with E-state index in [0.29, 0.717) is 5.69 Å². The zero-order chi connectivity index (χ0) is 34.4. The SMILES string of the molecule is Cc1ccc(S(=O)(=O)N(CC(=O)N(Cc2cccc(C)c2)[C@@H](Cc2ccccc2)C(=O)NC(C)(C)C)c2ccc(C(C)C)cc2)cc1. The standard InChI is InChI=1S/C39H47N3O4S/c1-28(2)33-18-20-34(21-19-33)42(47(45,46)35-22-16-29(3)17-23-35)27-37(43)41(26-32-15-11-12-30(4)24-32)36(38(44)40-39(5,6)7)25-31-13-9-8-10-14-31/h8-24,28,36H,25-27H2,1-7H3,(H,40,44)/t36-/m0/s1. The number of amides is 2. The Morgan fingerprint density at radius 3 is 1.96 bits per heavy atom. The van der Waals surface area contributed by atoms with Gasteiger partial charge in [0.25, 0.3) is 10.0 Å². The molecule has 248 valence electrons. The third-order valence-electron chi connectivity index (χ3n) is 7.94. The maximum atomic E-state index is 14.7. The Balaban J connectivity index is 1.83. The molecule has 0 spiro atoms. The molecule has 0 fully saturated rings. The number of rotatable bonds is 12. The Kier molecular flexibility index (Phi) is 11.3. The van der Waals surface area contributed by atoms with E-state index in [1.165, 1.54) is 4.90 Å². The highest BCUT2D eigenvalue weighted by atomic mass is 32.2. The van der Waals surface area contributed by atoms with Gasteiger partial charge < -0.3 is 10.2 Å². The van der Waals surface area contributed by atoms with Crippen molar-refractivity contribution >= 4 is 27.5 Å². The van der Waals surface area contributed by atoms with Crippen molar-refractivity contribution in [1.82, 2.24) is 10.2 Å². The second-order valence-corrected chi connectivity index (χ2v) is 15.4. The summed E-state index contributed by atoms with van der Waals surface area (Å²) < 4.78 is 29.7. The Morgan fingerprint density at radius 1 is 0.766 bits per heavy atom. The molecule has 8 heteroatoms. The average molecular weight is 654 g/mol. The first-order chi connectivity index (χ1) is 22.1. The third kappa shape index (κ3) is 9.55. The normalized spacial score (nSPS) is 12.4. The van der Waals surface area contributed by atoms with Crippen LogP contribution in [-0.2, 0) is 32.6 Å². The first kappa shape index (κ1) is 35.4. The van der Waals surface area contributed by atoms with Crippen molar-refractivity contribution in [1.29, 1.82) is 0 Å². The summed E-state index contributed by atoms with van der Waals surface area (Å²) in [5, 5.41) is 3.07. The highest BCUT2D eigenvalue weighted by molar-refractivity contribution is 7.92. The molecule has 47 heavy (non-hydrogen) atoms. The second kappa shape index (κ2) is 15.0. The van der Waals surface area contributed by atoms with Crippen molar-refractivity contribution in [3.63, 3.8) is 0 Å². The number of aryl methyl sites for hydroxylation is 2. The minimum absolute atomic E-state index is 0.0837. The zero-order valence-electron chi connectivity index (χ0n) is 28.5. The molecule has 1 atom stereocenters. The fraction of sp³-hybridized carbons (Fsp3) is 0.333. The van der Waals surface area contributed by atoms with Gasteiger partial charge in [0.05, 0.1) is 10.6 Å². The van der Waals surface area contributed by atoms with Crippen LogP contribution in [0.5, 0.6) is 0 Å². The Hall–Kier alpha value is -4.43. The van der Waals surface area contributed by atoms with Crippen LogP contribution in [0.2, 0.25) is 0 Å². The number of carbonyl (C=O) groups is 2. The lowest BCUT2D eigenvalue weighted by Gasteiger charge is -2.35. The molecule has 0 unspecified atom stereocenters. The fourth-order valence-electron chi connectivity index (χ4n) is 5.41. The van der Waals surface area contributed by atoms with E-state index in [-0.39, 0.29) is 29.7 Å². The molecule has 0 saturated heterocycles. The molecule has 4 rings (SSSR count). The van der Waals surface area contributed by atoms with Gasteiger partial charge in [-0.2, -0.15) is 0 Å². The molecule has 0 aliphatic rings. The number of anilines is 1. The summed E-state index contributed by atoms with van der Waals surface area (Å²) >= 11 is 0. The van der Waals surface area contributed by atoms with E-state index in [4.69, 9.17) is 0 Å². The topological polar surface area (TPSA) is 86.8 Å². The lowest BCUT2D eigenvalue weighted by atomic mass is 10.0. The summed E-state index contributed by atoms with van der Waals surface area (Å²) in [5.74, 6) is -0.547. The summed E-state index contributed by atoms with van der Waals surface area (Å²) in [5.41, 5.74) is 4.54. The van der Waals surface area contributed by atoms with Crippen LogP contribution in [-0.4, -0.2) is 43.3 Å². The minimum atomic E-state index is -4.16. The van der Waals surface area contributed by atoms with Crippen molar-refractivity contribution in [2.45, 2.75) is 83.8 Å². The summed E-state index contributed by atoms with van der Waals surface area (Å²) in [6, 6.07) is 30.3. The van der Waals surface area contributed by atoms with Gasteiger partial charge in [-0.05, 0) is 81.5 Å². The van der Waals surface area contributed by atoms with Gasteiger partial charge in [-0.15, -0.1) is 0 Å². The van der Waals surface area contributed by atoms with E-state index in [0.717, 1.165) is 32.1 Å². The van der Waals surface area contributed by atoms with Gasteiger partial charge in [-0.1, -0.05) is 104 Å². The summed E-state index contributed by atoms with van der Waals surface area (Å²) in [4.78, 5) is 30.3. The monoisotopic (exact) mass is 653 g/mol. The van der Waals surface area contributed by atoms with Crippen LogP contribution in [0, 0.1) is 13.8 Å². The smallest absolute Gasteiger partial charge is 0.264 e. The summed E-state index contributed by atoms with van der Waals surface area (Å²) in [7, 11) is -4.16. The first-order valence-corrected chi connectivity index (χ1v) is 17.5. The number of nitrogens with zero attached hydrogens (tertiary/aromatic N) is 2. The lowest BCUT2D eigenvalue weighted by molar-refractivity contribution is -0.140. The van der Waals surface area contributed by atoms with Gasteiger partial charge in [0.15, 0.2) is 0 Å². The molecule has 1 N–H and O–H groups in total. The number of carbonyl (C=O) groups excluding carboxylic acids is 2. The van der Waals surface area contributed by atoms with E-state index >= 15 is 0 Å². The number of benzene rings is 4. The summed E-state index contributed by atoms with van der Waals surface area (Å²) in [6.07, 6.45) is 0.258. The molecule has 4 aromatic rings. The van der Waals surface area contributed by atoms with Crippen LogP contribution in [0.25, 0.3) is 0 Å². The summed E-state index contributed by atoms with van der Waals surface area (Å²) in [6.45, 7) is 13.3. The minimum Gasteiger partial charge on any atom is -0.350 e.